The van der Waals surface area contributed by atoms with Gasteiger partial charge in [-0.25, -0.2) is 4.98 Å². The zero-order chi connectivity index (χ0) is 20.5. The highest BCUT2D eigenvalue weighted by atomic mass is 32.1. The van der Waals surface area contributed by atoms with Crippen molar-refractivity contribution in [2.45, 2.75) is 6.92 Å². The summed E-state index contributed by atoms with van der Waals surface area (Å²) >= 11 is 1.66. The average molecular weight is 418 g/mol. The Morgan fingerprint density at radius 3 is 2.77 bits per heavy atom. The summed E-state index contributed by atoms with van der Waals surface area (Å²) in [6, 6.07) is 19.1. The van der Waals surface area contributed by atoms with Crippen LogP contribution in [0.4, 0.5) is 5.69 Å². The molecule has 0 saturated heterocycles. The van der Waals surface area contributed by atoms with Crippen LogP contribution in [0.1, 0.15) is 5.56 Å². The number of aromatic nitrogens is 1. The molecule has 1 aliphatic rings. The maximum absolute atomic E-state index is 12.2. The van der Waals surface area contributed by atoms with E-state index in [-0.39, 0.29) is 19.3 Å². The molecule has 0 radical (unpaired) electrons. The topological polar surface area (TPSA) is 69.7 Å². The second-order valence-electron chi connectivity index (χ2n) is 6.92. The average Bonchev–Trinajstić information content (AvgIpc) is 3.38. The van der Waals surface area contributed by atoms with E-state index in [0.29, 0.717) is 22.9 Å². The van der Waals surface area contributed by atoms with Gasteiger partial charge in [0, 0.05) is 17.3 Å². The second kappa shape index (κ2) is 7.68. The Morgan fingerprint density at radius 1 is 1.07 bits per heavy atom. The SMILES string of the molecule is Cc1ccc2nc(-c3ccc(NC(=O)COc4ccc5c(c4)OCO5)cc3)sc2c1. The van der Waals surface area contributed by atoms with Gasteiger partial charge in [-0.05, 0) is 61.0 Å². The van der Waals surface area contributed by atoms with Crippen LogP contribution in [0.2, 0.25) is 0 Å². The fourth-order valence-corrected chi connectivity index (χ4v) is 4.23. The summed E-state index contributed by atoms with van der Waals surface area (Å²) in [5.41, 5.74) is 3.94. The minimum absolute atomic E-state index is 0.0986. The van der Waals surface area contributed by atoms with Crippen LogP contribution in [0.15, 0.2) is 60.7 Å². The fourth-order valence-electron chi connectivity index (χ4n) is 3.16. The molecule has 0 unspecified atom stereocenters. The summed E-state index contributed by atoms with van der Waals surface area (Å²) in [6.07, 6.45) is 0. The summed E-state index contributed by atoms with van der Waals surface area (Å²) in [4.78, 5) is 16.9. The van der Waals surface area contributed by atoms with Gasteiger partial charge in [-0.1, -0.05) is 6.07 Å². The third-order valence-corrected chi connectivity index (χ3v) is 5.74. The molecular weight excluding hydrogens is 400 g/mol. The van der Waals surface area contributed by atoms with Crippen LogP contribution in [-0.4, -0.2) is 24.3 Å². The van der Waals surface area contributed by atoms with Gasteiger partial charge in [0.25, 0.3) is 5.91 Å². The second-order valence-corrected chi connectivity index (χ2v) is 7.95. The maximum Gasteiger partial charge on any atom is 0.262 e. The van der Waals surface area contributed by atoms with Crippen LogP contribution in [0, 0.1) is 6.92 Å². The van der Waals surface area contributed by atoms with Gasteiger partial charge in [-0.3, -0.25) is 4.79 Å². The highest BCUT2D eigenvalue weighted by Crippen LogP contribution is 2.35. The lowest BCUT2D eigenvalue weighted by Crippen LogP contribution is -2.20. The first kappa shape index (κ1) is 18.4. The van der Waals surface area contributed by atoms with Crippen molar-refractivity contribution in [2.75, 3.05) is 18.7 Å². The molecule has 1 N–H and O–H groups in total. The summed E-state index contributed by atoms with van der Waals surface area (Å²) in [5, 5.41) is 3.80. The highest BCUT2D eigenvalue weighted by Gasteiger charge is 2.14. The van der Waals surface area contributed by atoms with E-state index in [1.54, 1.807) is 29.5 Å². The lowest BCUT2D eigenvalue weighted by atomic mass is 10.2. The molecule has 1 amide bonds. The molecule has 3 aromatic carbocycles. The molecule has 1 aliphatic heterocycles. The number of benzene rings is 3. The molecule has 0 aliphatic carbocycles. The first-order valence-corrected chi connectivity index (χ1v) is 10.3. The number of nitrogens with zero attached hydrogens (tertiary/aromatic N) is 1. The number of ether oxygens (including phenoxy) is 3. The number of carbonyl (C=O) groups excluding carboxylic acids is 1. The van der Waals surface area contributed by atoms with Crippen molar-refractivity contribution in [3.63, 3.8) is 0 Å². The third-order valence-electron chi connectivity index (χ3n) is 4.67. The van der Waals surface area contributed by atoms with Crippen molar-refractivity contribution < 1.29 is 19.0 Å². The smallest absolute Gasteiger partial charge is 0.262 e. The Balaban J connectivity index is 1.21. The summed E-state index contributed by atoms with van der Waals surface area (Å²) in [5.74, 6) is 1.61. The van der Waals surface area contributed by atoms with Crippen molar-refractivity contribution in [2.24, 2.45) is 0 Å². The molecule has 4 aromatic rings. The molecule has 0 spiro atoms. The van der Waals surface area contributed by atoms with E-state index in [1.165, 1.54) is 10.3 Å². The predicted octanol–water partition coefficient (Wildman–Crippen LogP) is 5.02. The van der Waals surface area contributed by atoms with Gasteiger partial charge in [0.1, 0.15) is 10.8 Å². The molecular formula is C23H18N2O4S. The largest absolute Gasteiger partial charge is 0.484 e. The quantitative estimate of drug-likeness (QED) is 0.493. The molecule has 0 atom stereocenters. The van der Waals surface area contributed by atoms with E-state index in [1.807, 2.05) is 30.3 Å². The van der Waals surface area contributed by atoms with Crippen LogP contribution in [0.3, 0.4) is 0 Å². The van der Waals surface area contributed by atoms with E-state index in [9.17, 15) is 4.79 Å². The Kier molecular flexibility index (Phi) is 4.72. The van der Waals surface area contributed by atoms with Crippen LogP contribution in [0.5, 0.6) is 17.2 Å². The Bertz CT molecular complexity index is 1230. The number of nitrogens with one attached hydrogen (secondary N) is 1. The maximum atomic E-state index is 12.2. The summed E-state index contributed by atoms with van der Waals surface area (Å²) in [6.45, 7) is 2.18. The number of thiazole rings is 1. The summed E-state index contributed by atoms with van der Waals surface area (Å²) in [7, 11) is 0. The van der Waals surface area contributed by atoms with Crippen LogP contribution < -0.4 is 19.5 Å². The standard InChI is InChI=1S/C23H18N2O4S/c1-14-2-8-18-21(10-14)30-23(25-18)15-3-5-16(6-4-15)24-22(26)12-27-17-7-9-19-20(11-17)29-13-28-19/h2-11H,12-13H2,1H3,(H,24,26). The summed E-state index contributed by atoms with van der Waals surface area (Å²) < 4.78 is 17.3. The zero-order valence-corrected chi connectivity index (χ0v) is 17.0. The van der Waals surface area contributed by atoms with Gasteiger partial charge in [-0.15, -0.1) is 11.3 Å². The number of hydrogen-bond donors (Lipinski definition) is 1. The third kappa shape index (κ3) is 3.79. The molecule has 30 heavy (non-hydrogen) atoms. The van der Waals surface area contributed by atoms with E-state index >= 15 is 0 Å². The van der Waals surface area contributed by atoms with Gasteiger partial charge < -0.3 is 19.5 Å². The molecule has 0 fully saturated rings. The molecule has 6 nitrogen and oxygen atoms in total. The number of aryl methyl sites for hydroxylation is 1. The first-order valence-electron chi connectivity index (χ1n) is 9.44. The van der Waals surface area contributed by atoms with Crippen molar-refractivity contribution in [1.29, 1.82) is 0 Å². The Morgan fingerprint density at radius 2 is 1.90 bits per heavy atom. The van der Waals surface area contributed by atoms with E-state index in [4.69, 9.17) is 19.2 Å². The molecule has 5 rings (SSSR count). The van der Waals surface area contributed by atoms with Gasteiger partial charge in [0.05, 0.1) is 10.2 Å². The van der Waals surface area contributed by atoms with Crippen molar-refractivity contribution in [3.05, 3.63) is 66.2 Å². The lowest BCUT2D eigenvalue weighted by Gasteiger charge is -2.08. The number of anilines is 1. The number of rotatable bonds is 5. The molecule has 1 aromatic heterocycles. The zero-order valence-electron chi connectivity index (χ0n) is 16.2. The number of amides is 1. The molecule has 7 heteroatoms. The molecule has 150 valence electrons. The van der Waals surface area contributed by atoms with Crippen molar-refractivity contribution in [3.8, 4) is 27.8 Å². The van der Waals surface area contributed by atoms with Crippen molar-refractivity contribution >= 4 is 33.1 Å². The lowest BCUT2D eigenvalue weighted by molar-refractivity contribution is -0.118. The number of fused-ring (bicyclic) bond motifs is 2. The minimum atomic E-state index is -0.240. The van der Waals surface area contributed by atoms with Gasteiger partial charge in [0.15, 0.2) is 18.1 Å². The molecule has 0 saturated carbocycles. The number of hydrogen-bond acceptors (Lipinski definition) is 6. The fraction of sp³-hybridized carbons (Fsp3) is 0.130. The van der Waals surface area contributed by atoms with Gasteiger partial charge in [0.2, 0.25) is 6.79 Å². The van der Waals surface area contributed by atoms with Crippen LogP contribution >= 0.6 is 11.3 Å². The van der Waals surface area contributed by atoms with E-state index in [0.717, 1.165) is 16.1 Å². The predicted molar refractivity (Wildman–Crippen MR) is 116 cm³/mol. The highest BCUT2D eigenvalue weighted by molar-refractivity contribution is 7.21. The van der Waals surface area contributed by atoms with Crippen LogP contribution in [0.25, 0.3) is 20.8 Å². The van der Waals surface area contributed by atoms with Gasteiger partial charge in [-0.2, -0.15) is 0 Å². The van der Waals surface area contributed by atoms with Gasteiger partial charge >= 0.3 is 0 Å². The first-order chi connectivity index (χ1) is 14.6. The normalized spacial score (nSPS) is 12.2. The minimum Gasteiger partial charge on any atom is -0.484 e. The molecule has 0 bridgehead atoms. The Labute approximate surface area is 177 Å². The van der Waals surface area contributed by atoms with E-state index in [2.05, 4.69) is 24.4 Å². The van der Waals surface area contributed by atoms with Crippen LogP contribution in [-0.2, 0) is 4.79 Å². The van der Waals surface area contributed by atoms with E-state index < -0.39 is 0 Å². The van der Waals surface area contributed by atoms with Crippen molar-refractivity contribution in [1.82, 2.24) is 4.98 Å². The number of carbonyl (C=O) groups is 1. The Hall–Kier alpha value is -3.58. The monoisotopic (exact) mass is 418 g/mol. The molecule has 2 heterocycles.